The van der Waals surface area contributed by atoms with Crippen molar-refractivity contribution >= 4 is 29.1 Å². The molecule has 1 aromatic rings. The first-order chi connectivity index (χ1) is 11.4. The van der Waals surface area contributed by atoms with Crippen molar-refractivity contribution in [3.63, 3.8) is 0 Å². The monoisotopic (exact) mass is 351 g/mol. The van der Waals surface area contributed by atoms with E-state index in [2.05, 4.69) is 11.8 Å². The van der Waals surface area contributed by atoms with E-state index in [-0.39, 0.29) is 11.8 Å². The lowest BCUT2D eigenvalue weighted by Crippen LogP contribution is -2.49. The number of nitrogens with zero attached hydrogens (tertiary/aromatic N) is 3. The number of amides is 2. The molecule has 1 aliphatic heterocycles. The Kier molecular flexibility index (Phi) is 6.63. The van der Waals surface area contributed by atoms with Gasteiger partial charge in [-0.3, -0.25) is 9.59 Å². The molecule has 0 unspecified atom stereocenters. The minimum Gasteiger partial charge on any atom is -0.340 e. The van der Waals surface area contributed by atoms with Gasteiger partial charge in [-0.2, -0.15) is 0 Å². The van der Waals surface area contributed by atoms with Gasteiger partial charge in [-0.05, 0) is 31.2 Å². The first kappa shape index (κ1) is 18.7. The highest BCUT2D eigenvalue weighted by molar-refractivity contribution is 6.31. The quantitative estimate of drug-likeness (QED) is 0.819. The highest BCUT2D eigenvalue weighted by Crippen LogP contribution is 2.26. The van der Waals surface area contributed by atoms with E-state index in [0.29, 0.717) is 18.0 Å². The number of rotatable bonds is 5. The molecule has 0 aromatic heterocycles. The van der Waals surface area contributed by atoms with Crippen LogP contribution in [-0.2, 0) is 9.59 Å². The molecule has 0 aliphatic carbocycles. The van der Waals surface area contributed by atoms with Gasteiger partial charge in [0.2, 0.25) is 11.8 Å². The Hall–Kier alpha value is -1.59. The van der Waals surface area contributed by atoms with Crippen LogP contribution in [-0.4, -0.2) is 60.9 Å². The van der Waals surface area contributed by atoms with Crippen LogP contribution in [0.3, 0.4) is 0 Å². The number of benzene rings is 1. The summed E-state index contributed by atoms with van der Waals surface area (Å²) in [4.78, 5) is 30.3. The standard InChI is InChI=1S/C18H26ClN3O2/c1-4-20-10-12-21(13-11-20)18(24)8-9-22(15(3)23)17-7-5-6-16(19)14(17)2/h5-7H,4,8-13H2,1-3H3. The van der Waals surface area contributed by atoms with Gasteiger partial charge in [0, 0.05) is 56.8 Å². The van der Waals surface area contributed by atoms with Crippen LogP contribution >= 0.6 is 11.6 Å². The summed E-state index contributed by atoms with van der Waals surface area (Å²) >= 11 is 6.16. The first-order valence-electron chi connectivity index (χ1n) is 8.47. The lowest BCUT2D eigenvalue weighted by Gasteiger charge is -2.34. The summed E-state index contributed by atoms with van der Waals surface area (Å²) in [6.45, 7) is 10.3. The molecule has 132 valence electrons. The van der Waals surface area contributed by atoms with E-state index in [9.17, 15) is 9.59 Å². The number of hydrogen-bond donors (Lipinski definition) is 0. The van der Waals surface area contributed by atoms with Crippen molar-refractivity contribution in [3.05, 3.63) is 28.8 Å². The summed E-state index contributed by atoms with van der Waals surface area (Å²) in [6, 6.07) is 5.50. The third-order valence-corrected chi connectivity index (χ3v) is 5.04. The largest absolute Gasteiger partial charge is 0.340 e. The molecule has 2 amide bonds. The zero-order valence-corrected chi connectivity index (χ0v) is 15.5. The summed E-state index contributed by atoms with van der Waals surface area (Å²) in [6.07, 6.45) is 0.331. The second-order valence-electron chi connectivity index (χ2n) is 6.12. The number of carbonyl (C=O) groups is 2. The van der Waals surface area contributed by atoms with Crippen molar-refractivity contribution in [3.8, 4) is 0 Å². The van der Waals surface area contributed by atoms with Crippen LogP contribution in [0.4, 0.5) is 5.69 Å². The third-order valence-electron chi connectivity index (χ3n) is 4.63. The minimum atomic E-state index is -0.0797. The van der Waals surface area contributed by atoms with Crippen LogP contribution in [0.2, 0.25) is 5.02 Å². The Balaban J connectivity index is 1.98. The van der Waals surface area contributed by atoms with Crippen LogP contribution < -0.4 is 4.90 Å². The normalized spacial score (nSPS) is 15.4. The predicted octanol–water partition coefficient (Wildman–Crippen LogP) is 2.56. The molecular weight excluding hydrogens is 326 g/mol. The summed E-state index contributed by atoms with van der Waals surface area (Å²) in [5, 5.41) is 0.626. The molecule has 24 heavy (non-hydrogen) atoms. The first-order valence-corrected chi connectivity index (χ1v) is 8.85. The Bertz CT molecular complexity index is 598. The lowest BCUT2D eigenvalue weighted by molar-refractivity contribution is -0.132. The van der Waals surface area contributed by atoms with Crippen molar-refractivity contribution in [1.82, 2.24) is 9.80 Å². The van der Waals surface area contributed by atoms with Gasteiger partial charge in [0.05, 0.1) is 0 Å². The maximum absolute atomic E-state index is 12.4. The molecule has 1 heterocycles. The number of anilines is 1. The van der Waals surface area contributed by atoms with Gasteiger partial charge in [0.15, 0.2) is 0 Å². The molecule has 0 radical (unpaired) electrons. The Morgan fingerprint density at radius 3 is 2.46 bits per heavy atom. The van der Waals surface area contributed by atoms with Crippen LogP contribution in [0.15, 0.2) is 18.2 Å². The summed E-state index contributed by atoms with van der Waals surface area (Å²) < 4.78 is 0. The topological polar surface area (TPSA) is 43.9 Å². The van der Waals surface area contributed by atoms with E-state index in [1.165, 1.54) is 6.92 Å². The minimum absolute atomic E-state index is 0.0797. The van der Waals surface area contributed by atoms with Crippen molar-refractivity contribution in [2.24, 2.45) is 0 Å². The summed E-state index contributed by atoms with van der Waals surface area (Å²) in [5.41, 5.74) is 1.64. The molecule has 1 aliphatic rings. The second kappa shape index (κ2) is 8.49. The zero-order chi connectivity index (χ0) is 17.7. The van der Waals surface area contributed by atoms with Gasteiger partial charge < -0.3 is 14.7 Å². The Labute approximate surface area is 149 Å². The van der Waals surface area contributed by atoms with E-state index in [1.807, 2.05) is 24.0 Å². The smallest absolute Gasteiger partial charge is 0.224 e. The lowest BCUT2D eigenvalue weighted by atomic mass is 10.1. The summed E-state index contributed by atoms with van der Waals surface area (Å²) in [5.74, 6) is 0.0284. The molecule has 6 heteroatoms. The molecule has 1 fully saturated rings. The number of likely N-dealkylation sites (N-methyl/N-ethyl adjacent to an activating group) is 1. The van der Waals surface area contributed by atoms with Crippen LogP contribution in [0, 0.1) is 6.92 Å². The van der Waals surface area contributed by atoms with Gasteiger partial charge >= 0.3 is 0 Å². The van der Waals surface area contributed by atoms with E-state index < -0.39 is 0 Å². The molecule has 0 spiro atoms. The molecule has 5 nitrogen and oxygen atoms in total. The number of hydrogen-bond acceptors (Lipinski definition) is 3. The SMILES string of the molecule is CCN1CCN(C(=O)CCN(C(C)=O)c2cccc(Cl)c2C)CC1. The molecule has 1 saturated heterocycles. The molecule has 0 bridgehead atoms. The zero-order valence-electron chi connectivity index (χ0n) is 14.7. The van der Waals surface area contributed by atoms with E-state index >= 15 is 0 Å². The maximum atomic E-state index is 12.4. The van der Waals surface area contributed by atoms with Gasteiger partial charge in [0.1, 0.15) is 0 Å². The van der Waals surface area contributed by atoms with Crippen LogP contribution in [0.5, 0.6) is 0 Å². The average molecular weight is 352 g/mol. The molecule has 0 atom stereocenters. The van der Waals surface area contributed by atoms with Gasteiger partial charge in [-0.25, -0.2) is 0 Å². The van der Waals surface area contributed by atoms with Crippen molar-refractivity contribution in [1.29, 1.82) is 0 Å². The summed E-state index contributed by atoms with van der Waals surface area (Å²) in [7, 11) is 0. The van der Waals surface area contributed by atoms with Gasteiger partial charge in [-0.15, -0.1) is 0 Å². The highest BCUT2D eigenvalue weighted by Gasteiger charge is 2.22. The predicted molar refractivity (Wildman–Crippen MR) is 97.5 cm³/mol. The van der Waals surface area contributed by atoms with Gasteiger partial charge in [-0.1, -0.05) is 24.6 Å². The number of piperazine rings is 1. The highest BCUT2D eigenvalue weighted by atomic mass is 35.5. The van der Waals surface area contributed by atoms with E-state index in [1.54, 1.807) is 11.0 Å². The fourth-order valence-corrected chi connectivity index (χ4v) is 3.18. The Morgan fingerprint density at radius 1 is 1.21 bits per heavy atom. The van der Waals surface area contributed by atoms with Crippen LogP contribution in [0.1, 0.15) is 25.8 Å². The molecular formula is C18H26ClN3O2. The number of carbonyl (C=O) groups excluding carboxylic acids is 2. The van der Waals surface area contributed by atoms with E-state index in [0.717, 1.165) is 44.0 Å². The maximum Gasteiger partial charge on any atom is 0.224 e. The molecule has 0 saturated carbocycles. The molecule has 2 rings (SSSR count). The van der Waals surface area contributed by atoms with E-state index in [4.69, 9.17) is 11.6 Å². The Morgan fingerprint density at radius 2 is 1.88 bits per heavy atom. The van der Waals surface area contributed by atoms with Crippen molar-refractivity contribution in [2.75, 3.05) is 44.2 Å². The van der Waals surface area contributed by atoms with Crippen LogP contribution in [0.25, 0.3) is 0 Å². The average Bonchev–Trinajstić information content (AvgIpc) is 2.58. The fourth-order valence-electron chi connectivity index (χ4n) is 3.02. The van der Waals surface area contributed by atoms with Gasteiger partial charge in [0.25, 0.3) is 0 Å². The second-order valence-corrected chi connectivity index (χ2v) is 6.53. The fraction of sp³-hybridized carbons (Fsp3) is 0.556. The third kappa shape index (κ3) is 4.48. The van der Waals surface area contributed by atoms with Crippen molar-refractivity contribution in [2.45, 2.75) is 27.2 Å². The van der Waals surface area contributed by atoms with Crippen molar-refractivity contribution < 1.29 is 9.59 Å². The molecule has 1 aromatic carbocycles. The number of halogens is 1. The molecule has 0 N–H and O–H groups in total.